The molecular weight excluding hydrogens is 340 g/mol. The molecule has 2 aromatic carbocycles. The molecule has 3 aromatic rings. The largest absolute Gasteiger partial charge is 0.495 e. The number of halogens is 1. The van der Waals surface area contributed by atoms with Crippen LogP contribution in [0.5, 0.6) is 5.75 Å². The van der Waals surface area contributed by atoms with Gasteiger partial charge in [0, 0.05) is 16.3 Å². The minimum atomic E-state index is -0.395. The van der Waals surface area contributed by atoms with Gasteiger partial charge in [0.05, 0.1) is 12.8 Å². The van der Waals surface area contributed by atoms with Gasteiger partial charge in [-0.3, -0.25) is 4.79 Å². The van der Waals surface area contributed by atoms with Crippen molar-refractivity contribution < 1.29 is 13.9 Å². The van der Waals surface area contributed by atoms with Gasteiger partial charge in [-0.1, -0.05) is 23.7 Å². The highest BCUT2D eigenvalue weighted by atomic mass is 35.5. The van der Waals surface area contributed by atoms with Gasteiger partial charge in [-0.05, 0) is 48.9 Å². The molecule has 1 heterocycles. The Bertz CT molecular complexity index is 934. The van der Waals surface area contributed by atoms with E-state index in [1.807, 2.05) is 19.1 Å². The maximum atomic E-state index is 12.4. The number of hydrogen-bond acceptors (Lipinski definition) is 4. The first kappa shape index (κ1) is 16.9. The highest BCUT2D eigenvalue weighted by Gasteiger charge is 2.15. The molecule has 25 heavy (non-hydrogen) atoms. The van der Waals surface area contributed by atoms with E-state index in [4.69, 9.17) is 26.5 Å². The van der Waals surface area contributed by atoms with Crippen LogP contribution in [-0.2, 0) is 0 Å². The monoisotopic (exact) mass is 356 g/mol. The zero-order valence-corrected chi connectivity index (χ0v) is 14.6. The number of carbonyl (C=O) groups is 1. The van der Waals surface area contributed by atoms with Crippen LogP contribution >= 0.6 is 11.6 Å². The van der Waals surface area contributed by atoms with E-state index in [0.29, 0.717) is 27.9 Å². The molecule has 3 N–H and O–H groups in total. The number of nitrogens with one attached hydrogen (secondary N) is 1. The molecule has 0 radical (unpaired) electrons. The summed E-state index contributed by atoms with van der Waals surface area (Å²) in [4.78, 5) is 12.4. The minimum Gasteiger partial charge on any atom is -0.495 e. The van der Waals surface area contributed by atoms with E-state index in [1.54, 1.807) is 36.4 Å². The molecule has 0 aliphatic heterocycles. The molecule has 0 bridgehead atoms. The second-order valence-electron chi connectivity index (χ2n) is 5.54. The number of nitrogens with two attached hydrogens (primary N) is 1. The predicted octanol–water partition coefficient (Wildman–Crippen LogP) is 4.75. The number of ether oxygens (including phenoxy) is 1. The summed E-state index contributed by atoms with van der Waals surface area (Å²) in [6.45, 7) is 1.92. The third kappa shape index (κ3) is 3.61. The highest BCUT2D eigenvalue weighted by molar-refractivity contribution is 6.31. The fraction of sp³-hybridized carbons (Fsp3) is 0.105. The summed E-state index contributed by atoms with van der Waals surface area (Å²) in [6.07, 6.45) is 0. The first-order chi connectivity index (χ1) is 12.0. The van der Waals surface area contributed by atoms with Crippen LogP contribution in [0.3, 0.4) is 0 Å². The molecule has 1 aromatic heterocycles. The molecule has 0 atom stereocenters. The van der Waals surface area contributed by atoms with E-state index in [2.05, 4.69) is 5.32 Å². The Morgan fingerprint density at radius 1 is 1.16 bits per heavy atom. The Balaban J connectivity index is 1.83. The van der Waals surface area contributed by atoms with Crippen LogP contribution in [0.1, 0.15) is 16.1 Å². The van der Waals surface area contributed by atoms with E-state index < -0.39 is 5.91 Å². The van der Waals surface area contributed by atoms with Crippen LogP contribution in [0.15, 0.2) is 52.9 Å². The Morgan fingerprint density at radius 3 is 2.68 bits per heavy atom. The standard InChI is InChI=1S/C19H17ClN2O3/c1-11-3-4-12(9-14(11)20)16-7-8-18(25-16)19(23)22-15-10-13(21)5-6-17(15)24-2/h3-10H,21H2,1-2H3,(H,22,23). The predicted molar refractivity (Wildman–Crippen MR) is 99.3 cm³/mol. The van der Waals surface area contributed by atoms with E-state index in [1.165, 1.54) is 7.11 Å². The SMILES string of the molecule is COc1ccc(N)cc1NC(=O)c1ccc(-c2ccc(C)c(Cl)c2)o1. The lowest BCUT2D eigenvalue weighted by Crippen LogP contribution is -2.12. The lowest BCUT2D eigenvalue weighted by atomic mass is 10.1. The average molecular weight is 357 g/mol. The second-order valence-corrected chi connectivity index (χ2v) is 5.95. The summed E-state index contributed by atoms with van der Waals surface area (Å²) >= 11 is 6.14. The number of hydrogen-bond donors (Lipinski definition) is 2. The zero-order valence-electron chi connectivity index (χ0n) is 13.8. The van der Waals surface area contributed by atoms with Gasteiger partial charge in [-0.25, -0.2) is 0 Å². The molecule has 0 unspecified atom stereocenters. The lowest BCUT2D eigenvalue weighted by molar-refractivity contribution is 0.0997. The van der Waals surface area contributed by atoms with Crippen molar-refractivity contribution in [3.8, 4) is 17.1 Å². The van der Waals surface area contributed by atoms with Crippen molar-refractivity contribution in [3.63, 3.8) is 0 Å². The van der Waals surface area contributed by atoms with Gasteiger partial charge in [-0.2, -0.15) is 0 Å². The van der Waals surface area contributed by atoms with E-state index in [-0.39, 0.29) is 5.76 Å². The van der Waals surface area contributed by atoms with Gasteiger partial charge in [0.25, 0.3) is 5.91 Å². The minimum absolute atomic E-state index is 0.177. The van der Waals surface area contributed by atoms with Crippen LogP contribution < -0.4 is 15.8 Å². The van der Waals surface area contributed by atoms with Crippen molar-refractivity contribution in [1.82, 2.24) is 0 Å². The Hall–Kier alpha value is -2.92. The van der Waals surface area contributed by atoms with Gasteiger partial charge in [0.15, 0.2) is 5.76 Å². The molecule has 128 valence electrons. The topological polar surface area (TPSA) is 77.5 Å². The first-order valence-corrected chi connectivity index (χ1v) is 7.97. The summed E-state index contributed by atoms with van der Waals surface area (Å²) in [6, 6.07) is 13.9. The van der Waals surface area contributed by atoms with Gasteiger partial charge < -0.3 is 20.2 Å². The van der Waals surface area contributed by atoms with Crippen molar-refractivity contribution in [1.29, 1.82) is 0 Å². The number of furan rings is 1. The summed E-state index contributed by atoms with van der Waals surface area (Å²) < 4.78 is 10.9. The van der Waals surface area contributed by atoms with Crippen LogP contribution in [0.25, 0.3) is 11.3 Å². The number of benzene rings is 2. The molecule has 6 heteroatoms. The molecule has 0 fully saturated rings. The van der Waals surface area contributed by atoms with Crippen molar-refractivity contribution in [3.05, 3.63) is 64.9 Å². The van der Waals surface area contributed by atoms with Gasteiger partial charge in [-0.15, -0.1) is 0 Å². The second kappa shape index (κ2) is 6.91. The molecule has 1 amide bonds. The molecule has 0 spiro atoms. The van der Waals surface area contributed by atoms with Crippen LogP contribution in [0.4, 0.5) is 11.4 Å². The van der Waals surface area contributed by atoms with Crippen LogP contribution in [-0.4, -0.2) is 13.0 Å². The van der Waals surface area contributed by atoms with Gasteiger partial charge in [0.2, 0.25) is 0 Å². The maximum Gasteiger partial charge on any atom is 0.291 e. The van der Waals surface area contributed by atoms with Crippen LogP contribution in [0, 0.1) is 6.92 Å². The van der Waals surface area contributed by atoms with Gasteiger partial charge in [0.1, 0.15) is 11.5 Å². The molecule has 0 aliphatic carbocycles. The maximum absolute atomic E-state index is 12.4. The molecule has 0 saturated heterocycles. The molecule has 5 nitrogen and oxygen atoms in total. The smallest absolute Gasteiger partial charge is 0.291 e. The van der Waals surface area contributed by atoms with Gasteiger partial charge >= 0.3 is 0 Å². The normalized spacial score (nSPS) is 10.5. The number of rotatable bonds is 4. The Morgan fingerprint density at radius 2 is 1.96 bits per heavy atom. The average Bonchev–Trinajstić information content (AvgIpc) is 3.08. The van der Waals surface area contributed by atoms with E-state index in [0.717, 1.165) is 11.1 Å². The lowest BCUT2D eigenvalue weighted by Gasteiger charge is -2.09. The molecule has 0 saturated carbocycles. The number of nitrogen functional groups attached to an aromatic ring is 1. The summed E-state index contributed by atoms with van der Waals surface area (Å²) in [7, 11) is 1.52. The quantitative estimate of drug-likeness (QED) is 0.661. The number of amides is 1. The van der Waals surface area contributed by atoms with E-state index >= 15 is 0 Å². The van der Waals surface area contributed by atoms with E-state index in [9.17, 15) is 4.79 Å². The molecule has 0 aliphatic rings. The number of aryl methyl sites for hydroxylation is 1. The van der Waals surface area contributed by atoms with Crippen molar-refractivity contribution in [2.24, 2.45) is 0 Å². The molecule has 3 rings (SSSR count). The highest BCUT2D eigenvalue weighted by Crippen LogP contribution is 2.29. The molecular formula is C19H17ClN2O3. The third-order valence-corrected chi connectivity index (χ3v) is 4.17. The zero-order chi connectivity index (χ0) is 18.0. The number of anilines is 2. The summed E-state index contributed by atoms with van der Waals surface area (Å²) in [5.41, 5.74) is 8.53. The van der Waals surface area contributed by atoms with Crippen molar-refractivity contribution in [2.75, 3.05) is 18.2 Å². The van der Waals surface area contributed by atoms with Crippen LogP contribution in [0.2, 0.25) is 5.02 Å². The number of carbonyl (C=O) groups excluding carboxylic acids is 1. The van der Waals surface area contributed by atoms with Crippen molar-refractivity contribution in [2.45, 2.75) is 6.92 Å². The fourth-order valence-electron chi connectivity index (χ4n) is 2.37. The number of methoxy groups -OCH3 is 1. The Labute approximate surface area is 150 Å². The Kier molecular flexibility index (Phi) is 4.67. The third-order valence-electron chi connectivity index (χ3n) is 3.76. The van der Waals surface area contributed by atoms with Crippen molar-refractivity contribution >= 4 is 28.9 Å². The summed E-state index contributed by atoms with van der Waals surface area (Å²) in [5, 5.41) is 3.38. The summed E-state index contributed by atoms with van der Waals surface area (Å²) in [5.74, 6) is 0.857. The first-order valence-electron chi connectivity index (χ1n) is 7.59. The fourth-order valence-corrected chi connectivity index (χ4v) is 2.55.